The minimum Gasteiger partial charge on any atom is -0.370 e. The quantitative estimate of drug-likeness (QED) is 0.913. The van der Waals surface area contributed by atoms with E-state index >= 15 is 0 Å². The number of rotatable bonds is 4. The van der Waals surface area contributed by atoms with Gasteiger partial charge >= 0.3 is 0 Å². The van der Waals surface area contributed by atoms with Gasteiger partial charge in [0.25, 0.3) is 0 Å². The Labute approximate surface area is 113 Å². The predicted octanol–water partition coefficient (Wildman–Crippen LogP) is 2.36. The van der Waals surface area contributed by atoms with Crippen molar-refractivity contribution in [3.05, 3.63) is 30.1 Å². The third kappa shape index (κ3) is 2.45. The Morgan fingerprint density at radius 3 is 3.00 bits per heavy atom. The van der Waals surface area contributed by atoms with Gasteiger partial charge in [-0.05, 0) is 32.1 Å². The Morgan fingerprint density at radius 2 is 2.11 bits per heavy atom. The molecule has 1 aliphatic rings. The van der Waals surface area contributed by atoms with Crippen LogP contribution in [0, 0.1) is 0 Å². The number of anilines is 1. The lowest BCUT2D eigenvalue weighted by atomic mass is 10.0. The smallest absolute Gasteiger partial charge is 0.143 e. The van der Waals surface area contributed by atoms with Crippen molar-refractivity contribution in [2.75, 3.05) is 11.9 Å². The second-order valence-corrected chi connectivity index (χ2v) is 4.90. The zero-order chi connectivity index (χ0) is 13.1. The molecule has 2 heterocycles. The number of aromatic nitrogens is 4. The van der Waals surface area contributed by atoms with E-state index in [9.17, 15) is 0 Å². The first kappa shape index (κ1) is 12.1. The molecule has 0 saturated heterocycles. The molecule has 5 nitrogen and oxygen atoms in total. The van der Waals surface area contributed by atoms with Crippen molar-refractivity contribution in [1.29, 1.82) is 0 Å². The Bertz CT molecular complexity index is 561. The Hall–Kier alpha value is -1.91. The summed E-state index contributed by atoms with van der Waals surface area (Å²) in [5.41, 5.74) is 2.54. The Morgan fingerprint density at radius 1 is 1.21 bits per heavy atom. The molecule has 0 aliphatic heterocycles. The van der Waals surface area contributed by atoms with Crippen LogP contribution in [0.3, 0.4) is 0 Å². The monoisotopic (exact) mass is 257 g/mol. The third-order valence-electron chi connectivity index (χ3n) is 3.49. The van der Waals surface area contributed by atoms with E-state index in [0.717, 1.165) is 37.4 Å². The fourth-order valence-corrected chi connectivity index (χ4v) is 2.50. The summed E-state index contributed by atoms with van der Waals surface area (Å²) in [5, 5.41) is 3.29. The van der Waals surface area contributed by atoms with Gasteiger partial charge in [-0.15, -0.1) is 0 Å². The van der Waals surface area contributed by atoms with Gasteiger partial charge < -0.3 is 5.32 Å². The first-order valence-electron chi connectivity index (χ1n) is 7.00. The molecule has 3 rings (SSSR count). The van der Waals surface area contributed by atoms with Crippen LogP contribution in [0.5, 0.6) is 0 Å². The number of hydrogen-bond donors (Lipinski definition) is 1. The van der Waals surface area contributed by atoms with Crippen LogP contribution in [0.1, 0.15) is 37.6 Å². The molecule has 0 radical (unpaired) electrons. The van der Waals surface area contributed by atoms with Crippen LogP contribution in [0.15, 0.2) is 18.7 Å². The Kier molecular flexibility index (Phi) is 3.44. The standard InChI is InChI=1S/C14H19N5/c1-2-7-15-13-8-14(17-9-16-13)19-10-18-11-5-3-4-6-12(11)19/h8-10H,2-7H2,1H3,(H,15,16,17). The number of nitrogens with one attached hydrogen (secondary N) is 1. The second-order valence-electron chi connectivity index (χ2n) is 4.90. The highest BCUT2D eigenvalue weighted by molar-refractivity contribution is 5.41. The SMILES string of the molecule is CCCNc1cc(-n2cnc3c2CCCC3)ncn1. The van der Waals surface area contributed by atoms with Crippen LogP contribution in [0.2, 0.25) is 0 Å². The fraction of sp³-hybridized carbons (Fsp3) is 0.500. The summed E-state index contributed by atoms with van der Waals surface area (Å²) >= 11 is 0. The number of nitrogens with zero attached hydrogens (tertiary/aromatic N) is 4. The molecule has 0 bridgehead atoms. The van der Waals surface area contributed by atoms with Crippen molar-refractivity contribution in [3.8, 4) is 5.82 Å². The minimum atomic E-state index is 0.880. The average molecular weight is 257 g/mol. The molecule has 100 valence electrons. The minimum absolute atomic E-state index is 0.880. The van der Waals surface area contributed by atoms with E-state index in [1.807, 2.05) is 12.4 Å². The molecule has 0 amide bonds. The van der Waals surface area contributed by atoms with Gasteiger partial charge in [0.2, 0.25) is 0 Å². The lowest BCUT2D eigenvalue weighted by Gasteiger charge is -2.13. The zero-order valence-electron chi connectivity index (χ0n) is 11.3. The highest BCUT2D eigenvalue weighted by Gasteiger charge is 2.16. The van der Waals surface area contributed by atoms with Gasteiger partial charge in [-0.2, -0.15) is 0 Å². The van der Waals surface area contributed by atoms with Crippen LogP contribution < -0.4 is 5.32 Å². The van der Waals surface area contributed by atoms with Crippen molar-refractivity contribution in [2.45, 2.75) is 39.0 Å². The number of imidazole rings is 1. The summed E-state index contributed by atoms with van der Waals surface area (Å²) in [7, 11) is 0. The van der Waals surface area contributed by atoms with Crippen LogP contribution in [-0.4, -0.2) is 26.1 Å². The van der Waals surface area contributed by atoms with Crippen LogP contribution >= 0.6 is 0 Å². The van der Waals surface area contributed by atoms with Crippen LogP contribution in [0.25, 0.3) is 5.82 Å². The van der Waals surface area contributed by atoms with E-state index in [1.165, 1.54) is 24.2 Å². The third-order valence-corrected chi connectivity index (χ3v) is 3.49. The molecule has 2 aromatic rings. The molecule has 1 aliphatic carbocycles. The second kappa shape index (κ2) is 5.38. The number of fused-ring (bicyclic) bond motifs is 1. The van der Waals surface area contributed by atoms with Crippen LogP contribution in [-0.2, 0) is 12.8 Å². The van der Waals surface area contributed by atoms with E-state index in [0.29, 0.717) is 0 Å². The summed E-state index contributed by atoms with van der Waals surface area (Å²) in [6.07, 6.45) is 9.26. The van der Waals surface area contributed by atoms with E-state index in [4.69, 9.17) is 0 Å². The highest BCUT2D eigenvalue weighted by Crippen LogP contribution is 2.22. The van der Waals surface area contributed by atoms with E-state index in [1.54, 1.807) is 6.33 Å². The fourth-order valence-electron chi connectivity index (χ4n) is 2.50. The molecule has 1 N–H and O–H groups in total. The molecule has 0 aromatic carbocycles. The number of aryl methyl sites for hydroxylation is 1. The van der Waals surface area contributed by atoms with Crippen molar-refractivity contribution < 1.29 is 0 Å². The predicted molar refractivity (Wildman–Crippen MR) is 74.6 cm³/mol. The maximum absolute atomic E-state index is 4.51. The molecule has 2 aromatic heterocycles. The maximum atomic E-state index is 4.51. The van der Waals surface area contributed by atoms with Gasteiger partial charge in [0.15, 0.2) is 0 Å². The number of hydrogen-bond acceptors (Lipinski definition) is 4. The summed E-state index contributed by atoms with van der Waals surface area (Å²) < 4.78 is 2.10. The summed E-state index contributed by atoms with van der Waals surface area (Å²) in [4.78, 5) is 13.1. The van der Waals surface area contributed by atoms with E-state index in [2.05, 4.69) is 31.8 Å². The molecule has 0 unspecified atom stereocenters. The van der Waals surface area contributed by atoms with Crippen molar-refractivity contribution in [1.82, 2.24) is 19.5 Å². The molecular formula is C14H19N5. The van der Waals surface area contributed by atoms with Crippen LogP contribution in [0.4, 0.5) is 5.82 Å². The van der Waals surface area contributed by atoms with Gasteiger partial charge in [-0.3, -0.25) is 4.57 Å². The molecule has 0 atom stereocenters. The van der Waals surface area contributed by atoms with Gasteiger partial charge in [-0.1, -0.05) is 6.92 Å². The summed E-state index contributed by atoms with van der Waals surface area (Å²) in [6.45, 7) is 3.07. The molecule has 0 spiro atoms. The van der Waals surface area contributed by atoms with Gasteiger partial charge in [-0.25, -0.2) is 15.0 Å². The van der Waals surface area contributed by atoms with Crippen molar-refractivity contribution in [2.24, 2.45) is 0 Å². The van der Waals surface area contributed by atoms with Crippen molar-refractivity contribution in [3.63, 3.8) is 0 Å². The largest absolute Gasteiger partial charge is 0.370 e. The lowest BCUT2D eigenvalue weighted by Crippen LogP contribution is -2.09. The molecule has 19 heavy (non-hydrogen) atoms. The zero-order valence-corrected chi connectivity index (χ0v) is 11.3. The lowest BCUT2D eigenvalue weighted by molar-refractivity contribution is 0.654. The van der Waals surface area contributed by atoms with Gasteiger partial charge in [0.1, 0.15) is 24.3 Å². The molecule has 5 heteroatoms. The highest BCUT2D eigenvalue weighted by atomic mass is 15.1. The first-order chi connectivity index (χ1) is 9.38. The molecule has 0 saturated carbocycles. The Balaban J connectivity index is 1.91. The summed E-state index contributed by atoms with van der Waals surface area (Å²) in [5.74, 6) is 1.79. The average Bonchev–Trinajstić information content (AvgIpc) is 2.89. The summed E-state index contributed by atoms with van der Waals surface area (Å²) in [6, 6.07) is 1.99. The van der Waals surface area contributed by atoms with E-state index in [-0.39, 0.29) is 0 Å². The molecule has 0 fully saturated rings. The van der Waals surface area contributed by atoms with Gasteiger partial charge in [0, 0.05) is 18.3 Å². The van der Waals surface area contributed by atoms with Crippen molar-refractivity contribution >= 4 is 5.82 Å². The molecular weight excluding hydrogens is 238 g/mol. The van der Waals surface area contributed by atoms with Gasteiger partial charge in [0.05, 0.1) is 5.69 Å². The topological polar surface area (TPSA) is 55.6 Å². The normalized spacial score (nSPS) is 14.2. The first-order valence-corrected chi connectivity index (χ1v) is 7.00. The maximum Gasteiger partial charge on any atom is 0.143 e. The van der Waals surface area contributed by atoms with E-state index < -0.39 is 0 Å².